The number of hydrogen-bond donors (Lipinski definition) is 1. The van der Waals surface area contributed by atoms with E-state index in [4.69, 9.17) is 0 Å². The molecule has 3 rings (SSSR count). The van der Waals surface area contributed by atoms with Crippen molar-refractivity contribution in [3.8, 4) is 0 Å². The molecule has 15 heavy (non-hydrogen) atoms. The van der Waals surface area contributed by atoms with Crippen LogP contribution in [-0.4, -0.2) is 17.5 Å². The van der Waals surface area contributed by atoms with Crippen molar-refractivity contribution in [2.45, 2.75) is 12.8 Å². The van der Waals surface area contributed by atoms with Crippen molar-refractivity contribution >= 4 is 21.6 Å². The van der Waals surface area contributed by atoms with Gasteiger partial charge in [-0.1, -0.05) is 12.1 Å². The molecule has 1 aliphatic heterocycles. The smallest absolute Gasteiger partial charge is 0.0552 e. The molecule has 78 valence electrons. The maximum atomic E-state index is 4.20. The van der Waals surface area contributed by atoms with Crippen LogP contribution in [0.25, 0.3) is 10.1 Å². The Morgan fingerprint density at radius 2 is 2.47 bits per heavy atom. The number of benzene rings is 1. The van der Waals surface area contributed by atoms with Crippen molar-refractivity contribution in [1.82, 2.24) is 9.69 Å². The first-order valence-corrected chi connectivity index (χ1v) is 6.23. The summed E-state index contributed by atoms with van der Waals surface area (Å²) < 4.78 is 5.52. The van der Waals surface area contributed by atoms with Crippen molar-refractivity contribution in [2.24, 2.45) is 5.92 Å². The van der Waals surface area contributed by atoms with Gasteiger partial charge in [-0.15, -0.1) is 0 Å². The second kappa shape index (κ2) is 3.91. The maximum Gasteiger partial charge on any atom is 0.0552 e. The average molecular weight is 218 g/mol. The van der Waals surface area contributed by atoms with Crippen molar-refractivity contribution in [3.63, 3.8) is 0 Å². The van der Waals surface area contributed by atoms with Gasteiger partial charge in [0, 0.05) is 11.6 Å². The molecule has 2 nitrogen and oxygen atoms in total. The summed E-state index contributed by atoms with van der Waals surface area (Å²) in [5.74, 6) is 0.829. The Morgan fingerprint density at radius 1 is 1.47 bits per heavy atom. The van der Waals surface area contributed by atoms with Crippen molar-refractivity contribution in [1.29, 1.82) is 0 Å². The summed E-state index contributed by atoms with van der Waals surface area (Å²) in [6, 6.07) is 6.73. The van der Waals surface area contributed by atoms with E-state index in [-0.39, 0.29) is 0 Å². The minimum atomic E-state index is 0.829. The molecule has 1 aliphatic rings. The lowest BCUT2D eigenvalue weighted by molar-refractivity contribution is 0.580. The molecule has 0 amide bonds. The zero-order valence-corrected chi connectivity index (χ0v) is 9.39. The Balaban J connectivity index is 1.84. The Hall–Kier alpha value is -0.930. The third-order valence-electron chi connectivity index (χ3n) is 3.11. The number of aromatic nitrogens is 1. The molecule has 1 aromatic heterocycles. The summed E-state index contributed by atoms with van der Waals surface area (Å²) >= 11 is 1.59. The van der Waals surface area contributed by atoms with E-state index < -0.39 is 0 Å². The van der Waals surface area contributed by atoms with Crippen LogP contribution in [0.3, 0.4) is 0 Å². The minimum Gasteiger partial charge on any atom is -0.316 e. The minimum absolute atomic E-state index is 0.829. The van der Waals surface area contributed by atoms with Gasteiger partial charge in [0.15, 0.2) is 0 Å². The highest BCUT2D eigenvalue weighted by molar-refractivity contribution is 7.13. The van der Waals surface area contributed by atoms with E-state index in [1.54, 1.807) is 11.5 Å². The molecule has 0 aliphatic carbocycles. The molecule has 1 atom stereocenters. The van der Waals surface area contributed by atoms with Gasteiger partial charge in [-0.3, -0.25) is 0 Å². The van der Waals surface area contributed by atoms with E-state index in [1.807, 2.05) is 6.20 Å². The average Bonchev–Trinajstić information content (AvgIpc) is 2.87. The van der Waals surface area contributed by atoms with Gasteiger partial charge >= 0.3 is 0 Å². The molecule has 3 heteroatoms. The lowest BCUT2D eigenvalue weighted by atomic mass is 9.98. The van der Waals surface area contributed by atoms with Gasteiger partial charge in [0.05, 0.1) is 4.70 Å². The first-order valence-electron chi connectivity index (χ1n) is 5.46. The standard InChI is InChI=1S/C12H14N2S/c1-2-11-8-14-15-12(11)6-9(1)5-10-3-4-13-7-10/h1-2,6,8,10,13H,3-5,7H2. The van der Waals surface area contributed by atoms with E-state index >= 15 is 0 Å². The molecule has 0 saturated carbocycles. The fraction of sp³-hybridized carbons (Fsp3) is 0.417. The molecule has 1 saturated heterocycles. The maximum absolute atomic E-state index is 4.20. The zero-order valence-electron chi connectivity index (χ0n) is 8.57. The Bertz CT molecular complexity index is 457. The topological polar surface area (TPSA) is 24.9 Å². The first-order chi connectivity index (χ1) is 7.42. The van der Waals surface area contributed by atoms with Gasteiger partial charge in [0.1, 0.15) is 0 Å². The Morgan fingerprint density at radius 3 is 3.33 bits per heavy atom. The molecule has 1 aromatic carbocycles. The Labute approximate surface area is 93.5 Å². The van der Waals surface area contributed by atoms with E-state index in [9.17, 15) is 0 Å². The summed E-state index contributed by atoms with van der Waals surface area (Å²) in [4.78, 5) is 0. The normalized spacial score (nSPS) is 21.2. The number of fused-ring (bicyclic) bond motifs is 1. The van der Waals surface area contributed by atoms with Gasteiger partial charge < -0.3 is 5.32 Å². The molecule has 1 unspecified atom stereocenters. The van der Waals surface area contributed by atoms with Crippen molar-refractivity contribution < 1.29 is 0 Å². The van der Waals surface area contributed by atoms with Crippen molar-refractivity contribution in [2.75, 3.05) is 13.1 Å². The monoisotopic (exact) mass is 218 g/mol. The van der Waals surface area contributed by atoms with Crippen LogP contribution in [0.15, 0.2) is 24.4 Å². The number of hydrogen-bond acceptors (Lipinski definition) is 3. The predicted octanol–water partition coefficient (Wildman–Crippen LogP) is 2.45. The van der Waals surface area contributed by atoms with Crippen LogP contribution < -0.4 is 5.32 Å². The molecule has 0 bridgehead atoms. The largest absolute Gasteiger partial charge is 0.316 e. The predicted molar refractivity (Wildman–Crippen MR) is 64.3 cm³/mol. The third kappa shape index (κ3) is 1.90. The van der Waals surface area contributed by atoms with Crippen molar-refractivity contribution in [3.05, 3.63) is 30.0 Å². The first kappa shape index (κ1) is 9.31. The van der Waals surface area contributed by atoms with E-state index in [2.05, 4.69) is 27.9 Å². The van der Waals surface area contributed by atoms with Crippen LogP contribution in [0.2, 0.25) is 0 Å². The summed E-state index contributed by atoms with van der Waals surface area (Å²) in [6.45, 7) is 2.37. The van der Waals surface area contributed by atoms with Gasteiger partial charge in [-0.25, -0.2) is 0 Å². The lowest BCUT2D eigenvalue weighted by Crippen LogP contribution is -2.10. The van der Waals surface area contributed by atoms with Crippen LogP contribution >= 0.6 is 11.5 Å². The summed E-state index contributed by atoms with van der Waals surface area (Å²) in [7, 11) is 0. The highest BCUT2D eigenvalue weighted by atomic mass is 32.1. The second-order valence-electron chi connectivity index (χ2n) is 4.26. The highest BCUT2D eigenvalue weighted by Crippen LogP contribution is 2.22. The summed E-state index contributed by atoms with van der Waals surface area (Å²) in [5, 5.41) is 4.69. The molecule has 2 aromatic rings. The van der Waals surface area contributed by atoms with E-state index in [0.717, 1.165) is 5.92 Å². The molecular weight excluding hydrogens is 204 g/mol. The van der Waals surface area contributed by atoms with Gasteiger partial charge in [-0.05, 0) is 55.0 Å². The fourth-order valence-corrected chi connectivity index (χ4v) is 2.96. The molecular formula is C12H14N2S. The molecule has 0 spiro atoms. The fourth-order valence-electron chi connectivity index (χ4n) is 2.25. The van der Waals surface area contributed by atoms with Gasteiger partial charge in [0.2, 0.25) is 0 Å². The van der Waals surface area contributed by atoms with Gasteiger partial charge in [-0.2, -0.15) is 4.37 Å². The summed E-state index contributed by atoms with van der Waals surface area (Å²) in [5.41, 5.74) is 1.46. The quantitative estimate of drug-likeness (QED) is 0.837. The SMILES string of the molecule is c1cc2cnsc2cc1CC1CCNC1. The molecule has 1 fully saturated rings. The Kier molecular flexibility index (Phi) is 2.43. The number of nitrogens with one attached hydrogen (secondary N) is 1. The number of nitrogens with zero attached hydrogens (tertiary/aromatic N) is 1. The van der Waals surface area contributed by atoms with Crippen LogP contribution in [0.1, 0.15) is 12.0 Å². The van der Waals surface area contributed by atoms with E-state index in [0.29, 0.717) is 0 Å². The zero-order chi connectivity index (χ0) is 10.1. The summed E-state index contributed by atoms with van der Waals surface area (Å²) in [6.07, 6.45) is 4.47. The van der Waals surface area contributed by atoms with Crippen LogP contribution in [0.5, 0.6) is 0 Å². The highest BCUT2D eigenvalue weighted by Gasteiger charge is 2.14. The van der Waals surface area contributed by atoms with Crippen LogP contribution in [0, 0.1) is 5.92 Å². The number of rotatable bonds is 2. The molecule has 0 radical (unpaired) electrons. The van der Waals surface area contributed by atoms with Crippen LogP contribution in [-0.2, 0) is 6.42 Å². The second-order valence-corrected chi connectivity index (χ2v) is 5.09. The van der Waals surface area contributed by atoms with E-state index in [1.165, 1.54) is 41.6 Å². The van der Waals surface area contributed by atoms with Crippen LogP contribution in [0.4, 0.5) is 0 Å². The third-order valence-corrected chi connectivity index (χ3v) is 3.87. The molecule has 2 heterocycles. The van der Waals surface area contributed by atoms with Gasteiger partial charge in [0.25, 0.3) is 0 Å². The molecule has 1 N–H and O–H groups in total. The lowest BCUT2D eigenvalue weighted by Gasteiger charge is -2.07.